The van der Waals surface area contributed by atoms with Gasteiger partial charge in [-0.2, -0.15) is 4.98 Å². The Labute approximate surface area is 139 Å². The Balaban J connectivity index is 1.88. The maximum Gasteiger partial charge on any atom is 0.410 e. The number of hydrogen-bond donors (Lipinski definition) is 1. The van der Waals surface area contributed by atoms with Crippen molar-refractivity contribution in [2.24, 2.45) is 0 Å². The Hall–Kier alpha value is -1.83. The second-order valence-corrected chi connectivity index (χ2v) is 7.67. The van der Waals surface area contributed by atoms with Crippen LogP contribution in [0.4, 0.5) is 4.79 Å². The monoisotopic (exact) mass is 342 g/mol. The number of nitrogens with zero attached hydrogens (tertiary/aromatic N) is 2. The van der Waals surface area contributed by atoms with E-state index in [4.69, 9.17) is 14.6 Å². The highest BCUT2D eigenvalue weighted by Gasteiger charge is 2.28. The third kappa shape index (κ3) is 4.82. The molecule has 7 nitrogen and oxygen atoms in total. The van der Waals surface area contributed by atoms with Gasteiger partial charge in [0.05, 0.1) is 4.88 Å². The average Bonchev–Trinajstić information content (AvgIpc) is 2.79. The zero-order valence-corrected chi connectivity index (χ0v) is 14.6. The summed E-state index contributed by atoms with van der Waals surface area (Å²) in [6.07, 6.45) is 0.946. The first-order chi connectivity index (χ1) is 10.7. The molecule has 1 fully saturated rings. The van der Waals surface area contributed by atoms with E-state index in [1.54, 1.807) is 11.8 Å². The summed E-state index contributed by atoms with van der Waals surface area (Å²) in [4.78, 5) is 29.3. The molecule has 1 N–H and O–H groups in total. The summed E-state index contributed by atoms with van der Waals surface area (Å²) in [7, 11) is 0. The zero-order chi connectivity index (χ0) is 17.2. The molecular weight excluding hydrogens is 320 g/mol. The molecule has 8 heteroatoms. The van der Waals surface area contributed by atoms with Gasteiger partial charge in [-0.1, -0.05) is 0 Å². The molecule has 0 bridgehead atoms. The van der Waals surface area contributed by atoms with Gasteiger partial charge in [0.15, 0.2) is 0 Å². The van der Waals surface area contributed by atoms with Crippen LogP contribution in [0, 0.1) is 6.92 Å². The number of aromatic carboxylic acids is 1. The van der Waals surface area contributed by atoms with E-state index in [2.05, 4.69) is 4.98 Å². The van der Waals surface area contributed by atoms with Crippen LogP contribution in [0.2, 0.25) is 0 Å². The highest BCUT2D eigenvalue weighted by atomic mass is 32.1. The van der Waals surface area contributed by atoms with Crippen LogP contribution in [-0.2, 0) is 4.74 Å². The first kappa shape index (κ1) is 17.5. The molecule has 128 valence electrons. The maximum absolute atomic E-state index is 12.0. The average molecular weight is 342 g/mol. The van der Waals surface area contributed by atoms with Crippen LogP contribution < -0.4 is 4.74 Å². The minimum absolute atomic E-state index is 0.0312. The van der Waals surface area contributed by atoms with Crippen LogP contribution >= 0.6 is 11.3 Å². The highest BCUT2D eigenvalue weighted by molar-refractivity contribution is 7.13. The molecule has 1 saturated heterocycles. The topological polar surface area (TPSA) is 89.0 Å². The van der Waals surface area contributed by atoms with Gasteiger partial charge in [-0.05, 0) is 27.7 Å². The maximum atomic E-state index is 12.0. The lowest BCUT2D eigenvalue weighted by Gasteiger charge is -2.33. The molecule has 0 aliphatic carbocycles. The molecule has 0 unspecified atom stereocenters. The number of carbonyl (C=O) groups is 2. The van der Waals surface area contributed by atoms with Crippen LogP contribution in [-0.4, -0.2) is 51.8 Å². The zero-order valence-electron chi connectivity index (χ0n) is 13.8. The standard InChI is InChI=1S/C15H22N2O5S/c1-9-11(16-12(23-9)13(18)19)21-10-5-7-17(8-6-10)14(20)22-15(2,3)4/h10H,5-8H2,1-4H3,(H,18,19). The first-order valence-electron chi connectivity index (χ1n) is 7.51. The number of thiazole rings is 1. The second-order valence-electron chi connectivity index (χ2n) is 6.47. The lowest BCUT2D eigenvalue weighted by Crippen LogP contribution is -2.44. The van der Waals surface area contributed by atoms with Crippen molar-refractivity contribution in [3.05, 3.63) is 9.88 Å². The number of carbonyl (C=O) groups excluding carboxylic acids is 1. The van der Waals surface area contributed by atoms with Gasteiger partial charge in [-0.25, -0.2) is 9.59 Å². The summed E-state index contributed by atoms with van der Waals surface area (Å²) < 4.78 is 11.2. The number of amides is 1. The van der Waals surface area contributed by atoms with Crippen molar-refractivity contribution in [1.82, 2.24) is 9.88 Å². The van der Waals surface area contributed by atoms with Crippen molar-refractivity contribution >= 4 is 23.4 Å². The molecule has 23 heavy (non-hydrogen) atoms. The highest BCUT2D eigenvalue weighted by Crippen LogP contribution is 2.27. The number of aryl methyl sites for hydroxylation is 1. The summed E-state index contributed by atoms with van der Waals surface area (Å²) >= 11 is 1.10. The van der Waals surface area contributed by atoms with Crippen molar-refractivity contribution in [2.75, 3.05) is 13.1 Å². The molecule has 1 aliphatic rings. The van der Waals surface area contributed by atoms with Crippen LogP contribution in [0.5, 0.6) is 5.88 Å². The Bertz CT molecular complexity index is 585. The largest absolute Gasteiger partial charge is 0.476 e. The Morgan fingerprint density at radius 3 is 2.39 bits per heavy atom. The molecule has 0 saturated carbocycles. The molecule has 1 aliphatic heterocycles. The van der Waals surface area contributed by atoms with E-state index in [-0.39, 0.29) is 17.2 Å². The van der Waals surface area contributed by atoms with Gasteiger partial charge in [-0.15, -0.1) is 11.3 Å². The van der Waals surface area contributed by atoms with Gasteiger partial charge >= 0.3 is 12.1 Å². The third-order valence-corrected chi connectivity index (χ3v) is 4.25. The van der Waals surface area contributed by atoms with Gasteiger partial charge in [-0.3, -0.25) is 0 Å². The summed E-state index contributed by atoms with van der Waals surface area (Å²) in [5.41, 5.74) is -0.505. The number of carboxylic acid groups (broad SMARTS) is 1. The minimum atomic E-state index is -1.05. The van der Waals surface area contributed by atoms with E-state index in [1.165, 1.54) is 0 Å². The molecule has 0 atom stereocenters. The van der Waals surface area contributed by atoms with Crippen LogP contribution in [0.1, 0.15) is 48.3 Å². The summed E-state index contributed by atoms with van der Waals surface area (Å²) in [6, 6.07) is 0. The molecule has 2 heterocycles. The number of likely N-dealkylation sites (tertiary alicyclic amines) is 1. The Kier molecular flexibility index (Phi) is 5.13. The number of hydrogen-bond acceptors (Lipinski definition) is 6. The van der Waals surface area contributed by atoms with E-state index in [0.29, 0.717) is 31.8 Å². The second kappa shape index (κ2) is 6.74. The first-order valence-corrected chi connectivity index (χ1v) is 8.32. The molecule has 1 amide bonds. The number of ether oxygens (including phenoxy) is 2. The van der Waals surface area contributed by atoms with E-state index < -0.39 is 11.6 Å². The van der Waals surface area contributed by atoms with Gasteiger partial charge < -0.3 is 19.5 Å². The summed E-state index contributed by atoms with van der Waals surface area (Å²) in [6.45, 7) is 8.40. The fraction of sp³-hybridized carbons (Fsp3) is 0.667. The minimum Gasteiger partial charge on any atom is -0.476 e. The van der Waals surface area contributed by atoms with Gasteiger partial charge in [0.25, 0.3) is 0 Å². The molecule has 1 aromatic heterocycles. The lowest BCUT2D eigenvalue weighted by molar-refractivity contribution is 0.0122. The van der Waals surface area contributed by atoms with Crippen molar-refractivity contribution in [1.29, 1.82) is 0 Å². The molecular formula is C15H22N2O5S. The number of carboxylic acids is 1. The van der Waals surface area contributed by atoms with Crippen molar-refractivity contribution < 1.29 is 24.2 Å². The molecule has 1 aromatic rings. The fourth-order valence-corrected chi connectivity index (χ4v) is 2.91. The van der Waals surface area contributed by atoms with E-state index >= 15 is 0 Å². The van der Waals surface area contributed by atoms with Crippen molar-refractivity contribution in [3.63, 3.8) is 0 Å². The number of aromatic nitrogens is 1. The number of piperidine rings is 1. The summed E-state index contributed by atoms with van der Waals surface area (Å²) in [5.74, 6) is -0.671. The summed E-state index contributed by atoms with van der Waals surface area (Å²) in [5, 5.41) is 8.98. The predicted molar refractivity (Wildman–Crippen MR) is 85.3 cm³/mol. The molecule has 0 aromatic carbocycles. The van der Waals surface area contributed by atoms with Crippen LogP contribution in [0.15, 0.2) is 0 Å². The van der Waals surface area contributed by atoms with Crippen molar-refractivity contribution in [2.45, 2.75) is 52.2 Å². The van der Waals surface area contributed by atoms with E-state index in [1.807, 2.05) is 20.8 Å². The van der Waals surface area contributed by atoms with Crippen LogP contribution in [0.25, 0.3) is 0 Å². The van der Waals surface area contributed by atoms with E-state index in [0.717, 1.165) is 16.2 Å². The SMILES string of the molecule is Cc1sc(C(=O)O)nc1OC1CCN(C(=O)OC(C)(C)C)CC1. The fourth-order valence-electron chi connectivity index (χ4n) is 2.22. The Morgan fingerprint density at radius 1 is 1.30 bits per heavy atom. The molecule has 0 radical (unpaired) electrons. The van der Waals surface area contributed by atoms with Gasteiger partial charge in [0.1, 0.15) is 11.7 Å². The molecule has 2 rings (SSSR count). The molecule has 0 spiro atoms. The number of rotatable bonds is 3. The third-order valence-electron chi connectivity index (χ3n) is 3.31. The van der Waals surface area contributed by atoms with E-state index in [9.17, 15) is 9.59 Å². The van der Waals surface area contributed by atoms with Gasteiger partial charge in [0, 0.05) is 25.9 Å². The lowest BCUT2D eigenvalue weighted by atomic mass is 10.1. The quantitative estimate of drug-likeness (QED) is 0.908. The normalized spacial score (nSPS) is 16.3. The van der Waals surface area contributed by atoms with Gasteiger partial charge in [0.2, 0.25) is 10.9 Å². The van der Waals surface area contributed by atoms with Crippen molar-refractivity contribution in [3.8, 4) is 5.88 Å². The predicted octanol–water partition coefficient (Wildman–Crippen LogP) is 2.93. The Morgan fingerprint density at radius 2 is 1.91 bits per heavy atom. The van der Waals surface area contributed by atoms with Crippen LogP contribution in [0.3, 0.4) is 0 Å². The smallest absolute Gasteiger partial charge is 0.410 e.